The van der Waals surface area contributed by atoms with Gasteiger partial charge in [0, 0.05) is 18.2 Å². The van der Waals surface area contributed by atoms with Crippen LogP contribution in [-0.4, -0.2) is 39.6 Å². The first-order valence-corrected chi connectivity index (χ1v) is 9.71. The van der Waals surface area contributed by atoms with Gasteiger partial charge in [0.25, 0.3) is 0 Å². The normalized spacial score (nSPS) is 15.4. The molecule has 2 aromatic rings. The minimum atomic E-state index is -1.92. The molecule has 7 heteroatoms. The maximum atomic E-state index is 12.9. The number of nitrogens with one attached hydrogen (secondary N) is 1. The largest absolute Gasteiger partial charge is 0.389 e. The summed E-state index contributed by atoms with van der Waals surface area (Å²) < 4.78 is 0. The van der Waals surface area contributed by atoms with Crippen LogP contribution in [0.15, 0.2) is 48.7 Å². The van der Waals surface area contributed by atoms with E-state index >= 15 is 0 Å². The highest BCUT2D eigenvalue weighted by Crippen LogP contribution is 2.19. The Bertz CT molecular complexity index is 839. The van der Waals surface area contributed by atoms with Crippen molar-refractivity contribution in [2.45, 2.75) is 51.4 Å². The Balaban J connectivity index is 2.18. The molecule has 0 aliphatic carbocycles. The first-order chi connectivity index (χ1) is 13.6. The summed E-state index contributed by atoms with van der Waals surface area (Å²) in [7, 11) is 0. The molecule has 156 valence electrons. The monoisotopic (exact) mass is 398 g/mol. The van der Waals surface area contributed by atoms with E-state index < -0.39 is 29.5 Å². The fourth-order valence-corrected chi connectivity index (χ4v) is 3.02. The quantitative estimate of drug-likeness (QED) is 0.472. The molecule has 0 saturated carbocycles. The van der Waals surface area contributed by atoms with Crippen molar-refractivity contribution >= 4 is 11.7 Å². The summed E-state index contributed by atoms with van der Waals surface area (Å²) in [5.74, 6) is -0.854. The summed E-state index contributed by atoms with van der Waals surface area (Å²) in [6.07, 6.45) is 0.801. The highest BCUT2D eigenvalue weighted by Gasteiger charge is 2.41. The molecule has 6 N–H and O–H groups in total. The number of aliphatic hydroxyl groups is 1. The Hall–Kier alpha value is -2.61. The Labute approximate surface area is 171 Å². The lowest BCUT2D eigenvalue weighted by Gasteiger charge is -2.33. The molecule has 1 heterocycles. The highest BCUT2D eigenvalue weighted by atomic mass is 16.3. The number of rotatable bonds is 9. The number of Topliss-reactive ketones (excluding diaryl/α,β-unsaturated/α-hetero) is 1. The van der Waals surface area contributed by atoms with Crippen molar-refractivity contribution in [3.63, 3.8) is 0 Å². The molecule has 0 fully saturated rings. The minimum absolute atomic E-state index is 0.0538. The van der Waals surface area contributed by atoms with Gasteiger partial charge in [0.2, 0.25) is 5.91 Å². The first-order valence-electron chi connectivity index (χ1n) is 9.71. The number of benzene rings is 1. The Morgan fingerprint density at radius 2 is 1.90 bits per heavy atom. The molecule has 2 rings (SSSR count). The number of aromatic nitrogens is 1. The Kier molecular flexibility index (Phi) is 7.61. The van der Waals surface area contributed by atoms with Crippen LogP contribution in [0, 0.1) is 5.92 Å². The molecule has 0 radical (unpaired) electrons. The fourth-order valence-electron chi connectivity index (χ4n) is 3.02. The number of aliphatic hydroxyl groups excluding tert-OH is 1. The maximum absolute atomic E-state index is 12.9. The van der Waals surface area contributed by atoms with E-state index in [0.29, 0.717) is 12.0 Å². The molecule has 29 heavy (non-hydrogen) atoms. The highest BCUT2D eigenvalue weighted by molar-refractivity contribution is 5.95. The number of carbonyl (C=O) groups is 2. The SMILES string of the molecule is CC(C)C[C@H](N)C(=O)NC(N)(C(=O)Cc1cccc(-c2ccccn2)c1)C(C)O. The third-order valence-electron chi connectivity index (χ3n) is 4.76. The lowest BCUT2D eigenvalue weighted by molar-refractivity contribution is -0.136. The molecule has 3 atom stereocenters. The molecule has 1 amide bonds. The van der Waals surface area contributed by atoms with Crippen LogP contribution in [0.1, 0.15) is 32.8 Å². The molecule has 0 aliphatic heterocycles. The minimum Gasteiger partial charge on any atom is -0.389 e. The van der Waals surface area contributed by atoms with Gasteiger partial charge in [0.1, 0.15) is 0 Å². The van der Waals surface area contributed by atoms with Gasteiger partial charge in [-0.25, -0.2) is 0 Å². The van der Waals surface area contributed by atoms with Gasteiger partial charge in [-0.2, -0.15) is 0 Å². The van der Waals surface area contributed by atoms with E-state index in [4.69, 9.17) is 11.5 Å². The van der Waals surface area contributed by atoms with Gasteiger partial charge in [0.05, 0.1) is 17.8 Å². The van der Waals surface area contributed by atoms with E-state index in [9.17, 15) is 14.7 Å². The van der Waals surface area contributed by atoms with Crippen molar-refractivity contribution in [2.75, 3.05) is 0 Å². The van der Waals surface area contributed by atoms with Gasteiger partial charge in [-0.3, -0.25) is 14.6 Å². The van der Waals surface area contributed by atoms with Gasteiger partial charge in [0.15, 0.2) is 11.4 Å². The summed E-state index contributed by atoms with van der Waals surface area (Å²) >= 11 is 0. The second-order valence-electron chi connectivity index (χ2n) is 7.79. The molecular formula is C22H30N4O3. The molecule has 1 aromatic carbocycles. The number of hydrogen-bond acceptors (Lipinski definition) is 6. The zero-order chi connectivity index (χ0) is 21.6. The van der Waals surface area contributed by atoms with Crippen LogP contribution < -0.4 is 16.8 Å². The van der Waals surface area contributed by atoms with Crippen LogP contribution in [0.5, 0.6) is 0 Å². The molecule has 7 nitrogen and oxygen atoms in total. The van der Waals surface area contributed by atoms with Gasteiger partial charge in [-0.05, 0) is 43.0 Å². The molecule has 2 unspecified atom stereocenters. The van der Waals surface area contributed by atoms with Crippen molar-refractivity contribution in [1.82, 2.24) is 10.3 Å². The maximum Gasteiger partial charge on any atom is 0.238 e. The zero-order valence-corrected chi connectivity index (χ0v) is 17.1. The number of hydrogen-bond donors (Lipinski definition) is 4. The van der Waals surface area contributed by atoms with Crippen LogP contribution >= 0.6 is 0 Å². The van der Waals surface area contributed by atoms with Crippen LogP contribution in [0.25, 0.3) is 11.3 Å². The average molecular weight is 399 g/mol. The van der Waals surface area contributed by atoms with Crippen molar-refractivity contribution in [2.24, 2.45) is 17.4 Å². The topological polar surface area (TPSA) is 131 Å². The van der Waals surface area contributed by atoms with Crippen LogP contribution in [-0.2, 0) is 16.0 Å². The van der Waals surface area contributed by atoms with Crippen LogP contribution in [0.3, 0.4) is 0 Å². The zero-order valence-electron chi connectivity index (χ0n) is 17.1. The number of nitrogens with zero attached hydrogens (tertiary/aromatic N) is 1. The third kappa shape index (κ3) is 5.93. The van der Waals surface area contributed by atoms with Gasteiger partial charge in [-0.1, -0.05) is 38.1 Å². The Morgan fingerprint density at radius 1 is 1.17 bits per heavy atom. The number of nitrogens with two attached hydrogens (primary N) is 2. The van der Waals surface area contributed by atoms with Gasteiger partial charge in [-0.15, -0.1) is 0 Å². The number of ketones is 1. The molecule has 0 saturated heterocycles. The lowest BCUT2D eigenvalue weighted by Crippen LogP contribution is -2.69. The summed E-state index contributed by atoms with van der Waals surface area (Å²) in [5, 5.41) is 12.6. The third-order valence-corrected chi connectivity index (χ3v) is 4.76. The van der Waals surface area contributed by atoms with Crippen LogP contribution in [0.4, 0.5) is 0 Å². The molecular weight excluding hydrogens is 368 g/mol. The van der Waals surface area contributed by atoms with Crippen LogP contribution in [0.2, 0.25) is 0 Å². The molecule has 1 aromatic heterocycles. The second kappa shape index (κ2) is 9.73. The van der Waals surface area contributed by atoms with Gasteiger partial charge < -0.3 is 21.9 Å². The second-order valence-corrected chi connectivity index (χ2v) is 7.79. The standard InChI is InChI=1S/C22H30N4O3/c1-14(2)11-18(23)21(29)26-22(24,15(3)27)20(28)13-16-7-6-8-17(12-16)19-9-4-5-10-25-19/h4-10,12,14-15,18,27H,11,13,23-24H2,1-3H3,(H,26,29)/t15?,18-,22?/m0/s1. The number of carbonyl (C=O) groups excluding carboxylic acids is 2. The number of amides is 1. The smallest absolute Gasteiger partial charge is 0.238 e. The van der Waals surface area contributed by atoms with Crippen molar-refractivity contribution in [1.29, 1.82) is 0 Å². The molecule has 0 aliphatic rings. The van der Waals surface area contributed by atoms with E-state index in [2.05, 4.69) is 10.3 Å². The summed E-state index contributed by atoms with van der Waals surface area (Å²) in [4.78, 5) is 29.7. The number of pyridine rings is 1. The average Bonchev–Trinajstić information content (AvgIpc) is 2.68. The first kappa shape index (κ1) is 22.7. The Morgan fingerprint density at radius 3 is 2.48 bits per heavy atom. The van der Waals surface area contributed by atoms with Crippen molar-refractivity contribution in [3.8, 4) is 11.3 Å². The fraction of sp³-hybridized carbons (Fsp3) is 0.409. The molecule has 0 spiro atoms. The van der Waals surface area contributed by atoms with Gasteiger partial charge >= 0.3 is 0 Å². The van der Waals surface area contributed by atoms with E-state index in [1.807, 2.05) is 50.2 Å². The lowest BCUT2D eigenvalue weighted by atomic mass is 9.92. The summed E-state index contributed by atoms with van der Waals surface area (Å²) in [6, 6.07) is 12.1. The summed E-state index contributed by atoms with van der Waals surface area (Å²) in [5.41, 5.74) is 12.5. The van der Waals surface area contributed by atoms with E-state index in [-0.39, 0.29) is 12.3 Å². The van der Waals surface area contributed by atoms with E-state index in [1.54, 1.807) is 12.3 Å². The molecule has 0 bridgehead atoms. The predicted molar refractivity (Wildman–Crippen MR) is 113 cm³/mol. The van der Waals surface area contributed by atoms with Crippen molar-refractivity contribution < 1.29 is 14.7 Å². The van der Waals surface area contributed by atoms with Crippen molar-refractivity contribution in [3.05, 3.63) is 54.2 Å². The predicted octanol–water partition coefficient (Wildman–Crippen LogP) is 1.39. The van der Waals surface area contributed by atoms with E-state index in [1.165, 1.54) is 6.92 Å². The van der Waals surface area contributed by atoms with E-state index in [0.717, 1.165) is 11.3 Å². The summed E-state index contributed by atoms with van der Waals surface area (Å²) in [6.45, 7) is 5.25.